The van der Waals surface area contributed by atoms with Crippen LogP contribution in [0, 0.1) is 17.2 Å². The molecule has 0 unspecified atom stereocenters. The van der Waals surface area contributed by atoms with Crippen molar-refractivity contribution in [3.63, 3.8) is 0 Å². The van der Waals surface area contributed by atoms with Crippen molar-refractivity contribution in [3.05, 3.63) is 28.8 Å². The number of benzene rings is 1. The lowest BCUT2D eigenvalue weighted by Crippen LogP contribution is -2.44. The van der Waals surface area contributed by atoms with Crippen molar-refractivity contribution in [2.24, 2.45) is 5.92 Å². The van der Waals surface area contributed by atoms with Crippen LogP contribution in [-0.2, 0) is 9.53 Å². The Bertz CT molecular complexity index is 642. The lowest BCUT2D eigenvalue weighted by Gasteiger charge is -2.31. The number of hydrogen-bond acceptors (Lipinski definition) is 4. The van der Waals surface area contributed by atoms with E-state index in [1.54, 1.807) is 24.0 Å². The Balaban J connectivity index is 1.99. The smallest absolute Gasteiger partial charge is 0.321 e. The zero-order valence-electron chi connectivity index (χ0n) is 12.8. The molecule has 1 N–H and O–H groups in total. The second kappa shape index (κ2) is 7.84. The van der Waals surface area contributed by atoms with E-state index in [-0.39, 0.29) is 22.9 Å². The monoisotopic (exact) mass is 335 g/mol. The molecule has 0 spiro atoms. The summed E-state index contributed by atoms with van der Waals surface area (Å²) < 4.78 is 5.02. The van der Waals surface area contributed by atoms with Gasteiger partial charge in [-0.15, -0.1) is 0 Å². The second-order valence-corrected chi connectivity index (χ2v) is 5.68. The number of urea groups is 1. The van der Waals surface area contributed by atoms with Crippen molar-refractivity contribution in [2.75, 3.05) is 25.0 Å². The number of nitrogens with zero attached hydrogens (tertiary/aromatic N) is 2. The third kappa shape index (κ3) is 4.36. The first-order chi connectivity index (χ1) is 11.0. The summed E-state index contributed by atoms with van der Waals surface area (Å²) in [5.74, 6) is -0.537. The first kappa shape index (κ1) is 17.1. The van der Waals surface area contributed by atoms with Gasteiger partial charge >= 0.3 is 12.0 Å². The Morgan fingerprint density at radius 1 is 1.52 bits per heavy atom. The van der Waals surface area contributed by atoms with Crippen LogP contribution in [0.4, 0.5) is 10.5 Å². The number of carbonyl (C=O) groups is 2. The maximum atomic E-state index is 12.3. The van der Waals surface area contributed by atoms with Crippen molar-refractivity contribution in [1.82, 2.24) is 4.90 Å². The van der Waals surface area contributed by atoms with Gasteiger partial charge in [0, 0.05) is 18.8 Å². The maximum absolute atomic E-state index is 12.3. The number of esters is 1. The van der Waals surface area contributed by atoms with E-state index in [1.807, 2.05) is 6.07 Å². The molecular formula is C16H18ClN3O3. The molecule has 1 aromatic carbocycles. The van der Waals surface area contributed by atoms with Crippen molar-refractivity contribution >= 4 is 29.3 Å². The van der Waals surface area contributed by atoms with E-state index >= 15 is 0 Å². The van der Waals surface area contributed by atoms with Crippen LogP contribution in [0.1, 0.15) is 25.3 Å². The van der Waals surface area contributed by atoms with Gasteiger partial charge in [-0.05, 0) is 38.0 Å². The SMILES string of the molecule is CCOC(=O)[C@@H]1CCCN(C(=O)Nc2ccc(C#N)c(Cl)c2)C1. The van der Waals surface area contributed by atoms with Crippen LogP contribution in [0.15, 0.2) is 18.2 Å². The Labute approximate surface area is 140 Å². The van der Waals surface area contributed by atoms with Gasteiger partial charge in [0.15, 0.2) is 0 Å². The minimum atomic E-state index is -0.292. The predicted octanol–water partition coefficient (Wildman–Crippen LogP) is 3.02. The van der Waals surface area contributed by atoms with E-state index in [1.165, 1.54) is 6.07 Å². The predicted molar refractivity (Wildman–Crippen MR) is 86.1 cm³/mol. The molecule has 1 aliphatic heterocycles. The number of rotatable bonds is 3. The molecule has 0 bridgehead atoms. The third-order valence-corrected chi connectivity index (χ3v) is 3.98. The molecule has 2 rings (SSSR count). The van der Waals surface area contributed by atoms with Gasteiger partial charge in [-0.2, -0.15) is 5.26 Å². The Morgan fingerprint density at radius 2 is 2.30 bits per heavy atom. The van der Waals surface area contributed by atoms with Crippen molar-refractivity contribution in [1.29, 1.82) is 5.26 Å². The summed E-state index contributed by atoms with van der Waals surface area (Å²) in [6, 6.07) is 6.37. The highest BCUT2D eigenvalue weighted by Crippen LogP contribution is 2.22. The van der Waals surface area contributed by atoms with Crippen molar-refractivity contribution in [3.8, 4) is 6.07 Å². The number of anilines is 1. The molecule has 2 amide bonds. The first-order valence-electron chi connectivity index (χ1n) is 7.47. The summed E-state index contributed by atoms with van der Waals surface area (Å²) in [5.41, 5.74) is 0.863. The highest BCUT2D eigenvalue weighted by Gasteiger charge is 2.29. The molecule has 1 aliphatic rings. The number of halogens is 1. The zero-order chi connectivity index (χ0) is 16.8. The quantitative estimate of drug-likeness (QED) is 0.861. The number of ether oxygens (including phenoxy) is 1. The molecule has 0 radical (unpaired) electrons. The van der Waals surface area contributed by atoms with E-state index in [0.717, 1.165) is 12.8 Å². The molecule has 0 aliphatic carbocycles. The summed E-state index contributed by atoms with van der Waals surface area (Å²) in [6.45, 7) is 3.03. The second-order valence-electron chi connectivity index (χ2n) is 5.27. The molecule has 1 atom stereocenters. The molecule has 1 heterocycles. The van der Waals surface area contributed by atoms with Gasteiger partial charge in [0.25, 0.3) is 0 Å². The maximum Gasteiger partial charge on any atom is 0.321 e. The minimum absolute atomic E-state index is 0.258. The fraction of sp³-hybridized carbons (Fsp3) is 0.438. The van der Waals surface area contributed by atoms with E-state index in [4.69, 9.17) is 21.6 Å². The summed E-state index contributed by atoms with van der Waals surface area (Å²) >= 11 is 5.95. The molecular weight excluding hydrogens is 318 g/mol. The molecule has 6 nitrogen and oxygen atoms in total. The Morgan fingerprint density at radius 3 is 2.96 bits per heavy atom. The summed E-state index contributed by atoms with van der Waals surface area (Å²) in [7, 11) is 0. The third-order valence-electron chi connectivity index (χ3n) is 3.67. The van der Waals surface area contributed by atoms with E-state index in [9.17, 15) is 9.59 Å². The van der Waals surface area contributed by atoms with Crippen LogP contribution in [0.25, 0.3) is 0 Å². The number of nitrogens with one attached hydrogen (secondary N) is 1. The molecule has 23 heavy (non-hydrogen) atoms. The van der Waals surface area contributed by atoms with Gasteiger partial charge in [0.2, 0.25) is 0 Å². The minimum Gasteiger partial charge on any atom is -0.466 e. The molecule has 1 aromatic rings. The topological polar surface area (TPSA) is 82.4 Å². The highest BCUT2D eigenvalue weighted by atomic mass is 35.5. The lowest BCUT2D eigenvalue weighted by molar-refractivity contribution is -0.149. The van der Waals surface area contributed by atoms with Gasteiger partial charge in [-0.25, -0.2) is 4.79 Å². The van der Waals surface area contributed by atoms with Gasteiger partial charge in [0.05, 0.1) is 23.1 Å². The summed E-state index contributed by atoms with van der Waals surface area (Å²) in [6.07, 6.45) is 1.48. The number of carbonyl (C=O) groups excluding carboxylic acids is 2. The Kier molecular flexibility index (Phi) is 5.83. The molecule has 1 fully saturated rings. The molecule has 0 saturated carbocycles. The largest absolute Gasteiger partial charge is 0.466 e. The number of amides is 2. The number of likely N-dealkylation sites (tertiary alicyclic amines) is 1. The van der Waals surface area contributed by atoms with Crippen LogP contribution in [-0.4, -0.2) is 36.6 Å². The van der Waals surface area contributed by atoms with Crippen molar-refractivity contribution < 1.29 is 14.3 Å². The number of hydrogen-bond donors (Lipinski definition) is 1. The standard InChI is InChI=1S/C16H18ClN3O3/c1-2-23-15(21)12-4-3-7-20(10-12)16(22)19-13-6-5-11(9-18)14(17)8-13/h5-6,8,12H,2-4,7,10H2,1H3,(H,19,22)/t12-/m1/s1. The number of nitriles is 1. The van der Waals surface area contributed by atoms with Crippen LogP contribution < -0.4 is 5.32 Å². The Hall–Kier alpha value is -2.26. The van der Waals surface area contributed by atoms with E-state index in [2.05, 4.69) is 5.32 Å². The summed E-state index contributed by atoms with van der Waals surface area (Å²) in [4.78, 5) is 25.7. The van der Waals surface area contributed by atoms with Gasteiger partial charge in [-0.1, -0.05) is 11.6 Å². The fourth-order valence-electron chi connectivity index (χ4n) is 2.50. The number of piperidine rings is 1. The first-order valence-corrected chi connectivity index (χ1v) is 7.85. The van der Waals surface area contributed by atoms with Crippen LogP contribution >= 0.6 is 11.6 Å². The average Bonchev–Trinajstić information content (AvgIpc) is 2.55. The normalized spacial score (nSPS) is 17.3. The molecule has 1 saturated heterocycles. The fourth-order valence-corrected chi connectivity index (χ4v) is 2.72. The van der Waals surface area contributed by atoms with Crippen LogP contribution in [0.5, 0.6) is 0 Å². The average molecular weight is 336 g/mol. The highest BCUT2D eigenvalue weighted by molar-refractivity contribution is 6.32. The lowest BCUT2D eigenvalue weighted by atomic mass is 9.98. The van der Waals surface area contributed by atoms with Crippen molar-refractivity contribution in [2.45, 2.75) is 19.8 Å². The van der Waals surface area contributed by atoms with Crippen LogP contribution in [0.2, 0.25) is 5.02 Å². The van der Waals surface area contributed by atoms with Crippen LogP contribution in [0.3, 0.4) is 0 Å². The molecule has 7 heteroatoms. The molecule has 122 valence electrons. The van der Waals surface area contributed by atoms with Gasteiger partial charge < -0.3 is 15.0 Å². The van der Waals surface area contributed by atoms with E-state index < -0.39 is 0 Å². The van der Waals surface area contributed by atoms with E-state index in [0.29, 0.717) is 30.9 Å². The zero-order valence-corrected chi connectivity index (χ0v) is 13.6. The molecule has 0 aromatic heterocycles. The van der Waals surface area contributed by atoms with Gasteiger partial charge in [0.1, 0.15) is 6.07 Å². The van der Waals surface area contributed by atoms with Gasteiger partial charge in [-0.3, -0.25) is 4.79 Å². The summed E-state index contributed by atoms with van der Waals surface area (Å²) in [5, 5.41) is 11.9.